The van der Waals surface area contributed by atoms with Crippen LogP contribution in [0, 0.1) is 11.6 Å². The first-order chi connectivity index (χ1) is 15.8. The zero-order chi connectivity index (χ0) is 23.7. The summed E-state index contributed by atoms with van der Waals surface area (Å²) in [6, 6.07) is 3.03. The third kappa shape index (κ3) is 4.60. The molecule has 4 rings (SSSR count). The van der Waals surface area contributed by atoms with Crippen LogP contribution in [0.3, 0.4) is 0 Å². The number of rotatable bonds is 6. The van der Waals surface area contributed by atoms with Gasteiger partial charge >= 0.3 is 0 Å². The highest BCUT2D eigenvalue weighted by molar-refractivity contribution is 6.00. The molecule has 3 heterocycles. The molecule has 33 heavy (non-hydrogen) atoms. The van der Waals surface area contributed by atoms with E-state index in [4.69, 9.17) is 9.47 Å². The summed E-state index contributed by atoms with van der Waals surface area (Å²) in [5, 5.41) is 12.1. The van der Waals surface area contributed by atoms with Gasteiger partial charge in [0, 0.05) is 25.7 Å². The minimum absolute atomic E-state index is 0.0566. The fourth-order valence-electron chi connectivity index (χ4n) is 3.92. The molecule has 176 valence electrons. The molecule has 2 aliphatic heterocycles. The predicted molar refractivity (Wildman–Crippen MR) is 112 cm³/mol. The molecule has 1 unspecified atom stereocenters. The first-order valence-electron chi connectivity index (χ1n) is 10.4. The number of aromatic nitrogens is 1. The van der Waals surface area contributed by atoms with E-state index in [0.717, 1.165) is 12.1 Å². The Labute approximate surface area is 187 Å². The number of hydrogen-bond acceptors (Lipinski definition) is 7. The van der Waals surface area contributed by atoms with Gasteiger partial charge < -0.3 is 19.5 Å². The van der Waals surface area contributed by atoms with Gasteiger partial charge in [-0.2, -0.15) is 0 Å². The lowest BCUT2D eigenvalue weighted by atomic mass is 10.0. The summed E-state index contributed by atoms with van der Waals surface area (Å²) in [6.45, 7) is 1.56. The topological polar surface area (TPSA) is 101 Å². The Morgan fingerprint density at radius 1 is 1.24 bits per heavy atom. The van der Waals surface area contributed by atoms with Gasteiger partial charge in [0.15, 0.2) is 17.2 Å². The largest absolute Gasteiger partial charge is 0.502 e. The second kappa shape index (κ2) is 9.28. The van der Waals surface area contributed by atoms with Crippen molar-refractivity contribution < 1.29 is 33.0 Å². The van der Waals surface area contributed by atoms with Crippen molar-refractivity contribution in [1.29, 1.82) is 0 Å². The van der Waals surface area contributed by atoms with Crippen LogP contribution in [0.5, 0.6) is 5.75 Å². The number of fused-ring (bicyclic) bond motifs is 1. The van der Waals surface area contributed by atoms with Crippen molar-refractivity contribution in [2.45, 2.75) is 18.9 Å². The van der Waals surface area contributed by atoms with E-state index >= 15 is 0 Å². The highest BCUT2D eigenvalue weighted by Gasteiger charge is 2.34. The van der Waals surface area contributed by atoms with Crippen molar-refractivity contribution in [3.63, 3.8) is 0 Å². The average Bonchev–Trinajstić information content (AvgIpc) is 2.79. The van der Waals surface area contributed by atoms with Gasteiger partial charge in [-0.3, -0.25) is 24.1 Å². The van der Waals surface area contributed by atoms with E-state index in [1.54, 1.807) is 12.1 Å². The maximum atomic E-state index is 13.8. The van der Waals surface area contributed by atoms with Crippen LogP contribution in [0.1, 0.15) is 32.8 Å². The van der Waals surface area contributed by atoms with Gasteiger partial charge in [-0.15, -0.1) is 0 Å². The Hall–Kier alpha value is -3.31. The summed E-state index contributed by atoms with van der Waals surface area (Å²) in [4.78, 5) is 39.8. The average molecular weight is 463 g/mol. The van der Waals surface area contributed by atoms with Crippen molar-refractivity contribution in [3.8, 4) is 5.75 Å². The number of ketones is 1. The lowest BCUT2D eigenvalue weighted by molar-refractivity contribution is -0.0953. The van der Waals surface area contributed by atoms with E-state index < -0.39 is 34.5 Å². The molecule has 0 spiro atoms. The standard InChI is InChI=1S/C22H23F2N3O6/c1-25-12-26(9-15-11-32-6-7-33-15)22(31)19-21(30)20(29)16(10-27(19)25)18(28)5-3-13-2-4-14(23)8-17(13)24/h2,4,8,10,15,30H,3,5-7,9,11-12H2,1H3. The quantitative estimate of drug-likeness (QED) is 0.639. The van der Waals surface area contributed by atoms with Crippen LogP contribution in [0.2, 0.25) is 0 Å². The molecule has 2 aliphatic rings. The molecule has 1 amide bonds. The lowest BCUT2D eigenvalue weighted by Crippen LogP contribution is -2.55. The summed E-state index contributed by atoms with van der Waals surface area (Å²) >= 11 is 0. The molecule has 1 saturated heterocycles. The number of Topliss-reactive ketones (excluding diaryl/α,β-unsaturated/α-hetero) is 1. The number of ether oxygens (including phenoxy) is 2. The molecule has 0 saturated carbocycles. The number of pyridine rings is 1. The SMILES string of the molecule is CN1CN(CC2COCCO2)C(=O)c2c(O)c(=O)c(C(=O)CCc3ccc(F)cc3F)cn21. The van der Waals surface area contributed by atoms with Crippen molar-refractivity contribution in [1.82, 2.24) is 9.58 Å². The number of benzene rings is 1. The van der Waals surface area contributed by atoms with Gasteiger partial charge in [0.2, 0.25) is 5.43 Å². The third-order valence-electron chi connectivity index (χ3n) is 5.64. The molecule has 0 radical (unpaired) electrons. The molecule has 2 aromatic rings. The second-order valence-corrected chi connectivity index (χ2v) is 7.97. The summed E-state index contributed by atoms with van der Waals surface area (Å²) in [7, 11) is 1.63. The monoisotopic (exact) mass is 463 g/mol. The summed E-state index contributed by atoms with van der Waals surface area (Å²) < 4.78 is 39.1. The van der Waals surface area contributed by atoms with Crippen molar-refractivity contribution in [3.05, 3.63) is 63.1 Å². The maximum absolute atomic E-state index is 13.8. The lowest BCUT2D eigenvalue weighted by Gasteiger charge is -2.39. The molecule has 1 aromatic heterocycles. The van der Waals surface area contributed by atoms with Crippen molar-refractivity contribution >= 4 is 11.7 Å². The van der Waals surface area contributed by atoms with E-state index in [9.17, 15) is 28.3 Å². The first-order valence-corrected chi connectivity index (χ1v) is 10.4. The van der Waals surface area contributed by atoms with Crippen LogP contribution in [-0.4, -0.2) is 72.6 Å². The molecule has 0 aliphatic carbocycles. The van der Waals surface area contributed by atoms with E-state index in [0.29, 0.717) is 19.8 Å². The number of aromatic hydroxyl groups is 1. The number of halogens is 2. The van der Waals surface area contributed by atoms with Gasteiger partial charge in [0.05, 0.1) is 38.0 Å². The number of hydrogen-bond donors (Lipinski definition) is 1. The second-order valence-electron chi connectivity index (χ2n) is 7.97. The Morgan fingerprint density at radius 2 is 2.03 bits per heavy atom. The van der Waals surface area contributed by atoms with E-state index in [1.807, 2.05) is 0 Å². The number of amides is 1. The smallest absolute Gasteiger partial charge is 0.277 e. The Balaban J connectivity index is 1.56. The number of carbonyl (C=O) groups excluding carboxylic acids is 2. The normalized spacial score (nSPS) is 18.4. The fraction of sp³-hybridized carbons (Fsp3) is 0.409. The molecule has 9 nitrogen and oxygen atoms in total. The molecule has 1 fully saturated rings. The Bertz CT molecular complexity index is 1150. The number of aryl methyl sites for hydroxylation is 1. The molecular formula is C22H23F2N3O6. The minimum Gasteiger partial charge on any atom is -0.502 e. The molecule has 11 heteroatoms. The summed E-state index contributed by atoms with van der Waals surface area (Å²) in [5.41, 5.74) is -1.43. The minimum atomic E-state index is -0.980. The number of nitrogens with zero attached hydrogens (tertiary/aromatic N) is 3. The van der Waals surface area contributed by atoms with Gasteiger partial charge in [-0.1, -0.05) is 6.07 Å². The molecular weight excluding hydrogens is 440 g/mol. The van der Waals surface area contributed by atoms with Crippen LogP contribution < -0.4 is 10.4 Å². The van der Waals surface area contributed by atoms with E-state index in [1.165, 1.54) is 21.8 Å². The van der Waals surface area contributed by atoms with Gasteiger partial charge in [-0.05, 0) is 18.1 Å². The Morgan fingerprint density at radius 3 is 2.73 bits per heavy atom. The highest BCUT2D eigenvalue weighted by Crippen LogP contribution is 2.22. The van der Waals surface area contributed by atoms with Crippen LogP contribution in [0.25, 0.3) is 0 Å². The van der Waals surface area contributed by atoms with E-state index in [2.05, 4.69) is 0 Å². The molecule has 1 atom stereocenters. The number of carbonyl (C=O) groups is 2. The van der Waals surface area contributed by atoms with Crippen molar-refractivity contribution in [2.75, 3.05) is 45.1 Å². The molecule has 1 N–H and O–H groups in total. The van der Waals surface area contributed by atoms with E-state index in [-0.39, 0.29) is 49.0 Å². The summed E-state index contributed by atoms with van der Waals surface area (Å²) in [5.74, 6) is -3.57. The zero-order valence-electron chi connectivity index (χ0n) is 17.9. The third-order valence-corrected chi connectivity index (χ3v) is 5.64. The Kier molecular flexibility index (Phi) is 6.43. The maximum Gasteiger partial charge on any atom is 0.277 e. The van der Waals surface area contributed by atoms with Gasteiger partial charge in [-0.25, -0.2) is 8.78 Å². The van der Waals surface area contributed by atoms with Crippen LogP contribution in [0.15, 0.2) is 29.2 Å². The van der Waals surface area contributed by atoms with Crippen LogP contribution in [-0.2, 0) is 15.9 Å². The molecule has 1 aromatic carbocycles. The molecule has 0 bridgehead atoms. The first kappa shape index (κ1) is 22.9. The van der Waals surface area contributed by atoms with Gasteiger partial charge in [0.1, 0.15) is 18.3 Å². The predicted octanol–water partition coefficient (Wildman–Crippen LogP) is 1.04. The highest BCUT2D eigenvalue weighted by atomic mass is 19.1. The zero-order valence-corrected chi connectivity index (χ0v) is 17.9. The van der Waals surface area contributed by atoms with Crippen LogP contribution >= 0.6 is 0 Å². The summed E-state index contributed by atoms with van der Waals surface area (Å²) in [6.07, 6.45) is 0.582. The van der Waals surface area contributed by atoms with Crippen LogP contribution in [0.4, 0.5) is 8.78 Å². The fourth-order valence-corrected chi connectivity index (χ4v) is 3.92. The van der Waals surface area contributed by atoms with Crippen molar-refractivity contribution in [2.24, 2.45) is 0 Å². The van der Waals surface area contributed by atoms with Gasteiger partial charge in [0.25, 0.3) is 5.91 Å².